The molecule has 0 unspecified atom stereocenters. The van der Waals surface area contributed by atoms with E-state index in [9.17, 15) is 4.39 Å². The SMILES string of the molecule is COc1ccc(COc2ccc(CC3(F)CC3)cc2)cc1. The van der Waals surface area contributed by atoms with E-state index in [4.69, 9.17) is 9.47 Å². The first-order chi connectivity index (χ1) is 10.2. The van der Waals surface area contributed by atoms with Crippen LogP contribution in [0, 0.1) is 0 Å². The molecule has 1 aliphatic rings. The molecule has 1 fully saturated rings. The Morgan fingerprint density at radius 2 is 1.48 bits per heavy atom. The van der Waals surface area contributed by atoms with Crippen LogP contribution in [0.5, 0.6) is 11.5 Å². The second kappa shape index (κ2) is 5.76. The lowest BCUT2D eigenvalue weighted by Gasteiger charge is -2.09. The van der Waals surface area contributed by atoms with E-state index in [1.807, 2.05) is 48.5 Å². The van der Waals surface area contributed by atoms with Crippen LogP contribution in [0.3, 0.4) is 0 Å². The van der Waals surface area contributed by atoms with E-state index in [1.54, 1.807) is 7.11 Å². The van der Waals surface area contributed by atoms with Crippen molar-refractivity contribution in [2.24, 2.45) is 0 Å². The molecule has 21 heavy (non-hydrogen) atoms. The summed E-state index contributed by atoms with van der Waals surface area (Å²) in [7, 11) is 1.65. The Labute approximate surface area is 124 Å². The molecule has 0 atom stereocenters. The molecular formula is C18H19FO2. The Kier molecular flexibility index (Phi) is 3.82. The van der Waals surface area contributed by atoms with Gasteiger partial charge in [0.15, 0.2) is 0 Å². The average molecular weight is 286 g/mol. The van der Waals surface area contributed by atoms with Gasteiger partial charge in [0.2, 0.25) is 0 Å². The molecule has 0 radical (unpaired) electrons. The number of ether oxygens (including phenoxy) is 2. The minimum absolute atomic E-state index is 0.510. The molecule has 0 bridgehead atoms. The van der Waals surface area contributed by atoms with Gasteiger partial charge in [-0.1, -0.05) is 24.3 Å². The summed E-state index contributed by atoms with van der Waals surface area (Å²) >= 11 is 0. The molecule has 0 amide bonds. The zero-order chi connectivity index (χ0) is 14.7. The highest BCUT2D eigenvalue weighted by Crippen LogP contribution is 2.42. The zero-order valence-corrected chi connectivity index (χ0v) is 12.1. The summed E-state index contributed by atoms with van der Waals surface area (Å²) in [6.07, 6.45) is 1.91. The number of benzene rings is 2. The summed E-state index contributed by atoms with van der Waals surface area (Å²) in [5.74, 6) is 1.64. The van der Waals surface area contributed by atoms with Gasteiger partial charge in [-0.2, -0.15) is 0 Å². The molecule has 2 aromatic carbocycles. The van der Waals surface area contributed by atoms with Crippen LogP contribution in [0.1, 0.15) is 24.0 Å². The van der Waals surface area contributed by atoms with Crippen LogP contribution in [0.4, 0.5) is 4.39 Å². The Morgan fingerprint density at radius 3 is 2.05 bits per heavy atom. The monoisotopic (exact) mass is 286 g/mol. The number of hydrogen-bond donors (Lipinski definition) is 0. The average Bonchev–Trinajstić information content (AvgIpc) is 3.24. The van der Waals surface area contributed by atoms with Crippen molar-refractivity contribution in [1.82, 2.24) is 0 Å². The number of halogens is 1. The Bertz CT molecular complexity index is 586. The highest BCUT2D eigenvalue weighted by molar-refractivity contribution is 5.30. The van der Waals surface area contributed by atoms with Gasteiger partial charge < -0.3 is 9.47 Å². The maximum absolute atomic E-state index is 13.7. The largest absolute Gasteiger partial charge is 0.497 e. The van der Waals surface area contributed by atoms with Gasteiger partial charge in [-0.25, -0.2) is 4.39 Å². The van der Waals surface area contributed by atoms with Crippen molar-refractivity contribution in [2.75, 3.05) is 7.11 Å². The molecule has 0 N–H and O–H groups in total. The summed E-state index contributed by atoms with van der Waals surface area (Å²) in [5.41, 5.74) is 1.18. The lowest BCUT2D eigenvalue weighted by Crippen LogP contribution is -2.04. The summed E-state index contributed by atoms with van der Waals surface area (Å²) in [6.45, 7) is 0.510. The fourth-order valence-electron chi connectivity index (χ4n) is 2.27. The number of hydrogen-bond acceptors (Lipinski definition) is 2. The molecule has 0 spiro atoms. The predicted molar refractivity (Wildman–Crippen MR) is 80.5 cm³/mol. The molecule has 2 nitrogen and oxygen atoms in total. The van der Waals surface area contributed by atoms with Gasteiger partial charge in [0.05, 0.1) is 7.11 Å². The second-order valence-corrected chi connectivity index (χ2v) is 5.61. The zero-order valence-electron chi connectivity index (χ0n) is 12.1. The Balaban J connectivity index is 1.54. The van der Waals surface area contributed by atoms with Crippen molar-refractivity contribution in [2.45, 2.75) is 31.5 Å². The van der Waals surface area contributed by atoms with Crippen molar-refractivity contribution in [1.29, 1.82) is 0 Å². The standard InChI is InChI=1S/C18H19FO2/c1-20-16-6-4-15(5-7-16)13-21-17-8-2-14(3-9-17)12-18(19)10-11-18/h2-9H,10-13H2,1H3. The first kappa shape index (κ1) is 13.9. The van der Waals surface area contributed by atoms with Crippen molar-refractivity contribution >= 4 is 0 Å². The minimum atomic E-state index is -0.939. The van der Waals surface area contributed by atoms with Crippen LogP contribution in [0.2, 0.25) is 0 Å². The molecule has 0 aliphatic heterocycles. The van der Waals surface area contributed by atoms with Gasteiger partial charge in [0.1, 0.15) is 23.8 Å². The quantitative estimate of drug-likeness (QED) is 0.787. The third-order valence-electron chi connectivity index (χ3n) is 3.80. The van der Waals surface area contributed by atoms with E-state index in [-0.39, 0.29) is 0 Å². The van der Waals surface area contributed by atoms with Gasteiger partial charge in [0, 0.05) is 6.42 Å². The fraction of sp³-hybridized carbons (Fsp3) is 0.333. The van der Waals surface area contributed by atoms with E-state index in [2.05, 4.69) is 0 Å². The van der Waals surface area contributed by atoms with Crippen molar-refractivity contribution in [3.8, 4) is 11.5 Å². The fourth-order valence-corrected chi connectivity index (χ4v) is 2.27. The molecule has 0 saturated heterocycles. The van der Waals surface area contributed by atoms with Crippen molar-refractivity contribution in [3.63, 3.8) is 0 Å². The van der Waals surface area contributed by atoms with Gasteiger partial charge in [-0.3, -0.25) is 0 Å². The van der Waals surface area contributed by atoms with E-state index in [0.717, 1.165) is 22.6 Å². The lowest BCUT2D eigenvalue weighted by atomic mass is 10.1. The Morgan fingerprint density at radius 1 is 0.905 bits per heavy atom. The summed E-state index contributed by atoms with van der Waals surface area (Å²) in [4.78, 5) is 0. The summed E-state index contributed by atoms with van der Waals surface area (Å²) in [5, 5.41) is 0. The molecule has 0 aromatic heterocycles. The summed E-state index contributed by atoms with van der Waals surface area (Å²) < 4.78 is 24.5. The van der Waals surface area contributed by atoms with Gasteiger partial charge in [-0.05, 0) is 48.2 Å². The van der Waals surface area contributed by atoms with Crippen LogP contribution >= 0.6 is 0 Å². The van der Waals surface area contributed by atoms with E-state index < -0.39 is 5.67 Å². The molecule has 1 saturated carbocycles. The maximum atomic E-state index is 13.7. The Hall–Kier alpha value is -2.03. The first-order valence-electron chi connectivity index (χ1n) is 7.20. The topological polar surface area (TPSA) is 18.5 Å². The van der Waals surface area contributed by atoms with Gasteiger partial charge >= 0.3 is 0 Å². The molecule has 1 aliphatic carbocycles. The predicted octanol–water partition coefficient (Wildman–Crippen LogP) is 4.32. The van der Waals surface area contributed by atoms with E-state index in [0.29, 0.717) is 25.9 Å². The summed E-state index contributed by atoms with van der Waals surface area (Å²) in [6, 6.07) is 15.5. The van der Waals surface area contributed by atoms with E-state index in [1.165, 1.54) is 0 Å². The number of rotatable bonds is 6. The molecule has 2 aromatic rings. The van der Waals surface area contributed by atoms with Crippen LogP contribution in [-0.2, 0) is 13.0 Å². The molecule has 3 heteroatoms. The minimum Gasteiger partial charge on any atom is -0.497 e. The van der Waals surface area contributed by atoms with E-state index >= 15 is 0 Å². The first-order valence-corrected chi connectivity index (χ1v) is 7.20. The van der Waals surface area contributed by atoms with Crippen LogP contribution < -0.4 is 9.47 Å². The maximum Gasteiger partial charge on any atom is 0.119 e. The van der Waals surface area contributed by atoms with Crippen LogP contribution in [-0.4, -0.2) is 12.8 Å². The smallest absolute Gasteiger partial charge is 0.119 e. The highest BCUT2D eigenvalue weighted by Gasteiger charge is 2.42. The second-order valence-electron chi connectivity index (χ2n) is 5.61. The normalized spacial score (nSPS) is 15.5. The third kappa shape index (κ3) is 3.75. The van der Waals surface area contributed by atoms with Crippen molar-refractivity contribution in [3.05, 3.63) is 59.7 Å². The van der Waals surface area contributed by atoms with Gasteiger partial charge in [0.25, 0.3) is 0 Å². The highest BCUT2D eigenvalue weighted by atomic mass is 19.1. The van der Waals surface area contributed by atoms with Gasteiger partial charge in [-0.15, -0.1) is 0 Å². The molecule has 110 valence electrons. The number of methoxy groups -OCH3 is 1. The number of alkyl halides is 1. The third-order valence-corrected chi connectivity index (χ3v) is 3.80. The van der Waals surface area contributed by atoms with Crippen LogP contribution in [0.15, 0.2) is 48.5 Å². The molecular weight excluding hydrogens is 267 g/mol. The molecule has 0 heterocycles. The van der Waals surface area contributed by atoms with Crippen LogP contribution in [0.25, 0.3) is 0 Å². The molecule has 3 rings (SSSR count). The lowest BCUT2D eigenvalue weighted by molar-refractivity contribution is 0.302. The van der Waals surface area contributed by atoms with Crippen molar-refractivity contribution < 1.29 is 13.9 Å².